The van der Waals surface area contributed by atoms with Crippen molar-refractivity contribution in [2.45, 2.75) is 25.7 Å². The second kappa shape index (κ2) is 9.76. The molecule has 7 nitrogen and oxygen atoms in total. The predicted octanol–water partition coefficient (Wildman–Crippen LogP) is 3.08. The first-order valence-electron chi connectivity index (χ1n) is 9.38. The van der Waals surface area contributed by atoms with Crippen LogP contribution < -0.4 is 14.4 Å². The molecule has 0 aromatic heterocycles. The molecule has 0 unspecified atom stereocenters. The highest BCUT2D eigenvalue weighted by Crippen LogP contribution is 2.24. The maximum absolute atomic E-state index is 12.6. The second-order valence-electron chi connectivity index (χ2n) is 6.46. The van der Waals surface area contributed by atoms with E-state index in [1.807, 2.05) is 0 Å². The number of hydrogen-bond donors (Lipinski definition) is 0. The molecule has 0 saturated carbocycles. The molecular weight excluding hydrogens is 392 g/mol. The molecule has 0 saturated heterocycles. The quantitative estimate of drug-likeness (QED) is 0.623. The number of carbonyl (C=O) groups is 1. The molecule has 29 heavy (non-hydrogen) atoms. The summed E-state index contributed by atoms with van der Waals surface area (Å²) in [6.07, 6.45) is 0. The highest BCUT2D eigenvalue weighted by atomic mass is 32.2. The zero-order chi connectivity index (χ0) is 21.6. The third kappa shape index (κ3) is 5.27. The number of hydrogen-bond acceptors (Lipinski definition) is 5. The first kappa shape index (κ1) is 22.7. The summed E-state index contributed by atoms with van der Waals surface area (Å²) < 4.78 is 37.4. The second-order valence-corrected chi connectivity index (χ2v) is 8.39. The lowest BCUT2D eigenvalue weighted by Crippen LogP contribution is -2.31. The van der Waals surface area contributed by atoms with Crippen LogP contribution in [0.4, 0.5) is 5.69 Å². The molecular formula is C21H28N2O5S. The molecule has 0 fully saturated rings. The third-order valence-corrected chi connectivity index (χ3v) is 6.72. The number of likely N-dealkylation sites (N-methyl/N-ethyl adjacent to an activating group) is 1. The molecule has 0 radical (unpaired) electrons. The number of sulfonamides is 1. The van der Waals surface area contributed by atoms with Crippen molar-refractivity contribution in [3.05, 3.63) is 48.0 Å². The van der Waals surface area contributed by atoms with Gasteiger partial charge in [0.2, 0.25) is 10.0 Å². The summed E-state index contributed by atoms with van der Waals surface area (Å²) in [5.41, 5.74) is 1.37. The number of aryl methyl sites for hydroxylation is 1. The van der Waals surface area contributed by atoms with Crippen LogP contribution in [0.15, 0.2) is 47.4 Å². The van der Waals surface area contributed by atoms with Gasteiger partial charge in [0.25, 0.3) is 5.91 Å². The molecule has 0 bridgehead atoms. The molecule has 8 heteroatoms. The topological polar surface area (TPSA) is 76.2 Å². The van der Waals surface area contributed by atoms with E-state index in [4.69, 9.17) is 9.47 Å². The van der Waals surface area contributed by atoms with Gasteiger partial charge in [-0.2, -0.15) is 4.31 Å². The van der Waals surface area contributed by atoms with Crippen molar-refractivity contribution in [1.82, 2.24) is 4.31 Å². The number of nitrogens with zero attached hydrogens (tertiary/aromatic N) is 2. The molecule has 0 atom stereocenters. The molecule has 2 aromatic rings. The monoisotopic (exact) mass is 420 g/mol. The highest BCUT2D eigenvalue weighted by molar-refractivity contribution is 7.89. The highest BCUT2D eigenvalue weighted by Gasteiger charge is 2.22. The van der Waals surface area contributed by atoms with Gasteiger partial charge < -0.3 is 14.4 Å². The van der Waals surface area contributed by atoms with Crippen LogP contribution in [-0.2, 0) is 14.8 Å². The van der Waals surface area contributed by atoms with Crippen LogP contribution in [0.3, 0.4) is 0 Å². The van der Waals surface area contributed by atoms with Crippen LogP contribution in [0.5, 0.6) is 11.5 Å². The minimum Gasteiger partial charge on any atom is -0.497 e. The largest absolute Gasteiger partial charge is 0.497 e. The Hall–Kier alpha value is -2.58. The van der Waals surface area contributed by atoms with E-state index in [9.17, 15) is 13.2 Å². The molecule has 0 heterocycles. The lowest BCUT2D eigenvalue weighted by atomic mass is 10.2. The maximum atomic E-state index is 12.6. The summed E-state index contributed by atoms with van der Waals surface area (Å²) >= 11 is 0. The smallest absolute Gasteiger partial charge is 0.264 e. The van der Waals surface area contributed by atoms with Crippen LogP contribution >= 0.6 is 0 Å². The molecule has 0 N–H and O–H groups in total. The van der Waals surface area contributed by atoms with E-state index < -0.39 is 10.0 Å². The molecule has 0 aliphatic heterocycles. The number of amides is 1. The Balaban J connectivity index is 2.07. The van der Waals surface area contributed by atoms with Crippen LogP contribution in [0.1, 0.15) is 19.4 Å². The van der Waals surface area contributed by atoms with Gasteiger partial charge in [-0.05, 0) is 55.0 Å². The Morgan fingerprint density at radius 2 is 1.66 bits per heavy atom. The van der Waals surface area contributed by atoms with E-state index >= 15 is 0 Å². The van der Waals surface area contributed by atoms with Gasteiger partial charge in [-0.15, -0.1) is 0 Å². The van der Waals surface area contributed by atoms with Crippen molar-refractivity contribution in [2.75, 3.05) is 38.8 Å². The van der Waals surface area contributed by atoms with Crippen LogP contribution in [0.25, 0.3) is 0 Å². The molecule has 0 aliphatic rings. The van der Waals surface area contributed by atoms with Crippen molar-refractivity contribution in [3.63, 3.8) is 0 Å². The van der Waals surface area contributed by atoms with Crippen LogP contribution in [0.2, 0.25) is 0 Å². The lowest BCUT2D eigenvalue weighted by Gasteiger charge is -2.20. The first-order valence-corrected chi connectivity index (χ1v) is 10.8. The summed E-state index contributed by atoms with van der Waals surface area (Å²) in [6.45, 7) is 6.01. The minimum absolute atomic E-state index is 0.161. The van der Waals surface area contributed by atoms with Crippen LogP contribution in [-0.4, -0.2) is 52.5 Å². The Bertz CT molecular complexity index is 938. The third-order valence-electron chi connectivity index (χ3n) is 4.67. The van der Waals surface area contributed by atoms with Gasteiger partial charge in [0.1, 0.15) is 11.5 Å². The summed E-state index contributed by atoms with van der Waals surface area (Å²) in [5.74, 6) is 0.954. The Morgan fingerprint density at radius 3 is 2.17 bits per heavy atom. The van der Waals surface area contributed by atoms with E-state index in [0.717, 1.165) is 5.69 Å². The van der Waals surface area contributed by atoms with E-state index in [-0.39, 0.29) is 17.4 Å². The predicted molar refractivity (Wildman–Crippen MR) is 113 cm³/mol. The Morgan fingerprint density at radius 1 is 1.03 bits per heavy atom. The van der Waals surface area contributed by atoms with E-state index in [0.29, 0.717) is 30.2 Å². The number of methoxy groups -OCH3 is 1. The number of anilines is 1. The zero-order valence-corrected chi connectivity index (χ0v) is 18.3. The molecule has 0 aliphatic carbocycles. The minimum atomic E-state index is -3.53. The number of rotatable bonds is 9. The normalized spacial score (nSPS) is 11.4. The van der Waals surface area contributed by atoms with Gasteiger partial charge in [0, 0.05) is 25.8 Å². The lowest BCUT2D eigenvalue weighted by molar-refractivity contribution is -0.120. The zero-order valence-electron chi connectivity index (χ0n) is 17.5. The van der Waals surface area contributed by atoms with E-state index in [1.165, 1.54) is 15.3 Å². The fraction of sp³-hybridized carbons (Fsp3) is 0.381. The maximum Gasteiger partial charge on any atom is 0.264 e. The fourth-order valence-electron chi connectivity index (χ4n) is 2.84. The summed E-state index contributed by atoms with van der Waals surface area (Å²) in [6, 6.07) is 11.8. The summed E-state index contributed by atoms with van der Waals surface area (Å²) in [7, 11) is -0.286. The SMILES string of the molecule is CCN(CC)S(=O)(=O)c1ccc(OCC(=O)N(C)c2ccc(OC)cc2)c(C)c1. The van der Waals surface area contributed by atoms with Gasteiger partial charge in [0.15, 0.2) is 6.61 Å². The summed E-state index contributed by atoms with van der Waals surface area (Å²) in [5, 5.41) is 0. The van der Waals surface area contributed by atoms with Crippen molar-refractivity contribution in [1.29, 1.82) is 0 Å². The van der Waals surface area contributed by atoms with Crippen molar-refractivity contribution < 1.29 is 22.7 Å². The van der Waals surface area contributed by atoms with E-state index in [1.54, 1.807) is 71.3 Å². The first-order chi connectivity index (χ1) is 13.7. The molecule has 2 aromatic carbocycles. The van der Waals surface area contributed by atoms with E-state index in [2.05, 4.69) is 0 Å². The van der Waals surface area contributed by atoms with Crippen LogP contribution in [0, 0.1) is 6.92 Å². The Kier molecular flexibility index (Phi) is 7.64. The van der Waals surface area contributed by atoms with Crippen molar-refractivity contribution in [3.8, 4) is 11.5 Å². The van der Waals surface area contributed by atoms with Gasteiger partial charge in [-0.25, -0.2) is 8.42 Å². The number of carbonyl (C=O) groups excluding carboxylic acids is 1. The molecule has 1 amide bonds. The fourth-order valence-corrected chi connectivity index (χ4v) is 4.39. The summed E-state index contributed by atoms with van der Waals surface area (Å²) in [4.78, 5) is 14.2. The Labute approximate surface area is 172 Å². The van der Waals surface area contributed by atoms with Crippen molar-refractivity contribution in [2.24, 2.45) is 0 Å². The number of ether oxygens (including phenoxy) is 2. The van der Waals surface area contributed by atoms with Gasteiger partial charge >= 0.3 is 0 Å². The number of benzene rings is 2. The molecule has 0 spiro atoms. The van der Waals surface area contributed by atoms with Crippen molar-refractivity contribution >= 4 is 21.6 Å². The van der Waals surface area contributed by atoms with Gasteiger partial charge in [-0.1, -0.05) is 13.8 Å². The molecule has 158 valence electrons. The van der Waals surface area contributed by atoms with Gasteiger partial charge in [0.05, 0.1) is 12.0 Å². The standard InChI is InChI=1S/C21H28N2O5S/c1-6-23(7-2)29(25,26)19-12-13-20(16(3)14-19)28-15-21(24)22(4)17-8-10-18(27-5)11-9-17/h8-14H,6-7,15H2,1-5H3. The van der Waals surface area contributed by atoms with Gasteiger partial charge in [-0.3, -0.25) is 4.79 Å². The molecule has 2 rings (SSSR count). The average Bonchev–Trinajstić information content (AvgIpc) is 2.72. The average molecular weight is 421 g/mol.